The molecular weight excluding hydrogens is 284 g/mol. The van der Waals surface area contributed by atoms with E-state index in [-0.39, 0.29) is 12.6 Å². The van der Waals surface area contributed by atoms with Crippen LogP contribution in [0.2, 0.25) is 0 Å². The van der Waals surface area contributed by atoms with Gasteiger partial charge in [-0.1, -0.05) is 18.2 Å². The van der Waals surface area contributed by atoms with Gasteiger partial charge in [0.05, 0.1) is 12.0 Å². The Morgan fingerprint density at radius 3 is 2.95 bits per heavy atom. The Bertz CT molecular complexity index is 543. The molecule has 3 atom stereocenters. The molecule has 0 aromatic carbocycles. The molecule has 1 saturated heterocycles. The second kappa shape index (κ2) is 6.92. The molecule has 22 heavy (non-hydrogen) atoms. The van der Waals surface area contributed by atoms with E-state index in [0.29, 0.717) is 12.0 Å². The SMILES string of the molecule is C=C1C(=O)OC2C=C(C)CCC=C(COC(C)=O)CC(O)C12. The second-order valence-electron chi connectivity index (χ2n) is 5.89. The summed E-state index contributed by atoms with van der Waals surface area (Å²) in [6, 6.07) is 0. The van der Waals surface area contributed by atoms with Gasteiger partial charge in [0, 0.05) is 12.5 Å². The fraction of sp³-hybridized carbons (Fsp3) is 0.529. The minimum atomic E-state index is -0.798. The molecule has 5 nitrogen and oxygen atoms in total. The Morgan fingerprint density at radius 1 is 1.55 bits per heavy atom. The van der Waals surface area contributed by atoms with Gasteiger partial charge >= 0.3 is 11.9 Å². The molecule has 1 fully saturated rings. The van der Waals surface area contributed by atoms with Crippen molar-refractivity contribution < 1.29 is 24.2 Å². The van der Waals surface area contributed by atoms with Crippen molar-refractivity contribution in [2.75, 3.05) is 6.61 Å². The Hall–Kier alpha value is -1.88. The number of hydrogen-bond acceptors (Lipinski definition) is 5. The van der Waals surface area contributed by atoms with E-state index in [1.807, 2.05) is 19.1 Å². The molecule has 0 amide bonds. The number of fused-ring (bicyclic) bond motifs is 1. The molecule has 0 radical (unpaired) electrons. The van der Waals surface area contributed by atoms with Crippen molar-refractivity contribution in [1.82, 2.24) is 0 Å². The molecule has 0 aromatic rings. The number of esters is 2. The summed E-state index contributed by atoms with van der Waals surface area (Å²) in [6.45, 7) is 7.24. The van der Waals surface area contributed by atoms with Crippen molar-refractivity contribution in [1.29, 1.82) is 0 Å². The molecule has 5 heteroatoms. The van der Waals surface area contributed by atoms with Gasteiger partial charge in [-0.05, 0) is 37.8 Å². The van der Waals surface area contributed by atoms with Crippen molar-refractivity contribution in [2.24, 2.45) is 5.92 Å². The molecule has 0 spiro atoms. The fourth-order valence-corrected chi connectivity index (χ4v) is 2.85. The topological polar surface area (TPSA) is 72.8 Å². The normalized spacial score (nSPS) is 29.1. The van der Waals surface area contributed by atoms with Gasteiger partial charge in [-0.25, -0.2) is 4.79 Å². The van der Waals surface area contributed by atoms with Crippen LogP contribution in [-0.2, 0) is 19.1 Å². The molecule has 3 unspecified atom stereocenters. The third-order valence-corrected chi connectivity index (χ3v) is 4.03. The summed E-state index contributed by atoms with van der Waals surface area (Å²) in [5, 5.41) is 10.5. The highest BCUT2D eigenvalue weighted by atomic mass is 16.6. The van der Waals surface area contributed by atoms with E-state index in [1.54, 1.807) is 0 Å². The molecule has 120 valence electrons. The van der Waals surface area contributed by atoms with E-state index in [4.69, 9.17) is 9.47 Å². The molecule has 0 aromatic heterocycles. The number of allylic oxidation sites excluding steroid dienone is 2. The summed E-state index contributed by atoms with van der Waals surface area (Å²) in [5.74, 6) is -1.27. The number of aliphatic hydroxyl groups excluding tert-OH is 1. The predicted molar refractivity (Wildman–Crippen MR) is 80.8 cm³/mol. The first-order valence-electron chi connectivity index (χ1n) is 7.45. The first kappa shape index (κ1) is 16.5. The maximum absolute atomic E-state index is 11.7. The zero-order valence-electron chi connectivity index (χ0n) is 13.0. The van der Waals surface area contributed by atoms with Crippen molar-refractivity contribution in [3.05, 3.63) is 35.5 Å². The lowest BCUT2D eigenvalue weighted by atomic mass is 9.85. The van der Waals surface area contributed by atoms with Crippen LogP contribution in [0.1, 0.15) is 33.1 Å². The highest BCUT2D eigenvalue weighted by Gasteiger charge is 2.42. The minimum absolute atomic E-state index is 0.161. The van der Waals surface area contributed by atoms with Gasteiger partial charge in [-0.3, -0.25) is 4.79 Å². The Morgan fingerprint density at radius 2 is 2.27 bits per heavy atom. The van der Waals surface area contributed by atoms with E-state index in [0.717, 1.165) is 24.0 Å². The van der Waals surface area contributed by atoms with Gasteiger partial charge < -0.3 is 14.6 Å². The number of ether oxygens (including phenoxy) is 2. The molecule has 0 bridgehead atoms. The highest BCUT2D eigenvalue weighted by molar-refractivity contribution is 5.91. The van der Waals surface area contributed by atoms with Gasteiger partial charge in [0.2, 0.25) is 0 Å². The molecule has 1 N–H and O–H groups in total. The first-order valence-corrected chi connectivity index (χ1v) is 7.45. The molecule has 2 rings (SSSR count). The quantitative estimate of drug-likeness (QED) is 0.480. The average Bonchev–Trinajstić information content (AvgIpc) is 2.70. The van der Waals surface area contributed by atoms with E-state index >= 15 is 0 Å². The predicted octanol–water partition coefficient (Wildman–Crippen LogP) is 2.06. The Balaban J connectivity index is 2.22. The lowest BCUT2D eigenvalue weighted by Crippen LogP contribution is -2.29. The van der Waals surface area contributed by atoms with Crippen LogP contribution >= 0.6 is 0 Å². The lowest BCUT2D eigenvalue weighted by Gasteiger charge is -2.23. The monoisotopic (exact) mass is 306 g/mol. The van der Waals surface area contributed by atoms with Crippen LogP contribution in [0.4, 0.5) is 0 Å². The number of aliphatic hydroxyl groups is 1. The zero-order valence-corrected chi connectivity index (χ0v) is 13.0. The minimum Gasteiger partial charge on any atom is -0.461 e. The largest absolute Gasteiger partial charge is 0.461 e. The summed E-state index contributed by atoms with van der Waals surface area (Å²) < 4.78 is 10.3. The van der Waals surface area contributed by atoms with Gasteiger partial charge in [-0.15, -0.1) is 0 Å². The van der Waals surface area contributed by atoms with E-state index < -0.39 is 24.1 Å². The van der Waals surface area contributed by atoms with Gasteiger partial charge in [0.25, 0.3) is 0 Å². The van der Waals surface area contributed by atoms with Crippen molar-refractivity contribution in [3.8, 4) is 0 Å². The summed E-state index contributed by atoms with van der Waals surface area (Å²) >= 11 is 0. The van der Waals surface area contributed by atoms with Gasteiger partial charge in [0.15, 0.2) is 0 Å². The zero-order chi connectivity index (χ0) is 16.3. The van der Waals surface area contributed by atoms with Crippen LogP contribution in [0.5, 0.6) is 0 Å². The summed E-state index contributed by atoms with van der Waals surface area (Å²) in [7, 11) is 0. The van der Waals surface area contributed by atoms with E-state index in [9.17, 15) is 14.7 Å². The van der Waals surface area contributed by atoms with Gasteiger partial charge in [-0.2, -0.15) is 0 Å². The standard InChI is InChI=1S/C17H22O5/c1-10-5-4-6-13(9-21-12(3)18)8-14(19)16-11(2)17(20)22-15(16)7-10/h6-7,14-16,19H,2,4-5,8-9H2,1,3H3. The van der Waals surface area contributed by atoms with Crippen molar-refractivity contribution in [2.45, 2.75) is 45.3 Å². The average molecular weight is 306 g/mol. The number of carbonyl (C=O) groups excluding carboxylic acids is 2. The summed E-state index contributed by atoms with van der Waals surface area (Å²) in [5.41, 5.74) is 2.24. The molecule has 0 saturated carbocycles. The molecule has 1 aliphatic carbocycles. The Kier molecular flexibility index (Phi) is 5.19. The van der Waals surface area contributed by atoms with Crippen LogP contribution < -0.4 is 0 Å². The van der Waals surface area contributed by atoms with Gasteiger partial charge in [0.1, 0.15) is 12.7 Å². The number of hydrogen-bond donors (Lipinski definition) is 1. The smallest absolute Gasteiger partial charge is 0.334 e. The van der Waals surface area contributed by atoms with Crippen LogP contribution in [0.15, 0.2) is 35.5 Å². The third-order valence-electron chi connectivity index (χ3n) is 4.03. The maximum Gasteiger partial charge on any atom is 0.334 e. The van der Waals surface area contributed by atoms with Crippen LogP contribution in [0, 0.1) is 5.92 Å². The lowest BCUT2D eigenvalue weighted by molar-refractivity contribution is -0.140. The van der Waals surface area contributed by atoms with Crippen LogP contribution in [0.3, 0.4) is 0 Å². The van der Waals surface area contributed by atoms with Crippen molar-refractivity contribution >= 4 is 11.9 Å². The Labute approximate surface area is 130 Å². The molecule has 1 aliphatic heterocycles. The summed E-state index contributed by atoms with van der Waals surface area (Å²) in [4.78, 5) is 22.7. The highest BCUT2D eigenvalue weighted by Crippen LogP contribution is 2.34. The molecule has 1 heterocycles. The van der Waals surface area contributed by atoms with E-state index in [2.05, 4.69) is 6.58 Å². The van der Waals surface area contributed by atoms with Crippen LogP contribution in [-0.4, -0.2) is 35.9 Å². The summed E-state index contributed by atoms with van der Waals surface area (Å²) in [6.07, 6.45) is 4.57. The van der Waals surface area contributed by atoms with Crippen molar-refractivity contribution in [3.63, 3.8) is 0 Å². The number of rotatable bonds is 2. The third kappa shape index (κ3) is 3.85. The molecular formula is C17H22O5. The first-order chi connectivity index (χ1) is 10.4. The van der Waals surface area contributed by atoms with Crippen LogP contribution in [0.25, 0.3) is 0 Å². The van der Waals surface area contributed by atoms with E-state index in [1.165, 1.54) is 6.92 Å². The second-order valence-corrected chi connectivity index (χ2v) is 5.89. The number of carbonyl (C=O) groups is 2. The molecule has 2 aliphatic rings. The fourth-order valence-electron chi connectivity index (χ4n) is 2.85. The maximum atomic E-state index is 11.7.